The minimum atomic E-state index is -1.52. The molecular formula is C26H31N5O2S2Si. The molecule has 0 saturated heterocycles. The van der Waals surface area contributed by atoms with Gasteiger partial charge in [0.15, 0.2) is 8.32 Å². The Balaban J connectivity index is 1.32. The highest BCUT2D eigenvalue weighted by molar-refractivity contribution is 7.30. The van der Waals surface area contributed by atoms with Crippen LogP contribution < -0.4 is 4.74 Å². The van der Waals surface area contributed by atoms with Crippen molar-refractivity contribution in [2.75, 3.05) is 13.7 Å². The van der Waals surface area contributed by atoms with Crippen molar-refractivity contribution in [1.29, 1.82) is 0 Å². The Labute approximate surface area is 221 Å². The van der Waals surface area contributed by atoms with Gasteiger partial charge in [0.2, 0.25) is 5.13 Å². The van der Waals surface area contributed by atoms with Gasteiger partial charge in [-0.05, 0) is 72.6 Å². The number of hydrogen-bond acceptors (Lipinski definition) is 9. The Morgan fingerprint density at radius 2 is 1.44 bits per heavy atom. The molecule has 0 atom stereocenters. The summed E-state index contributed by atoms with van der Waals surface area (Å²) in [5, 5.41) is 18.8. The van der Waals surface area contributed by atoms with E-state index in [0.717, 1.165) is 44.7 Å². The van der Waals surface area contributed by atoms with Crippen molar-refractivity contribution in [3.05, 3.63) is 60.2 Å². The number of methoxy groups -OCH3 is 1. The second-order valence-corrected chi connectivity index (χ2v) is 15.2. The maximum Gasteiger partial charge on any atom is 0.231 e. The summed E-state index contributed by atoms with van der Waals surface area (Å²) in [6.07, 6.45) is 0.928. The molecule has 2 aromatic heterocycles. The molecule has 7 nitrogen and oxygen atoms in total. The van der Waals surface area contributed by atoms with Gasteiger partial charge in [-0.15, -0.1) is 20.5 Å². The van der Waals surface area contributed by atoms with Gasteiger partial charge < -0.3 is 9.16 Å². The zero-order chi connectivity index (χ0) is 25.4. The van der Waals surface area contributed by atoms with Crippen LogP contribution in [0.1, 0.15) is 26.3 Å². The highest BCUT2D eigenvalue weighted by Gasteiger charge is 2.28. The van der Waals surface area contributed by atoms with Crippen molar-refractivity contribution in [2.24, 2.45) is 20.5 Å². The number of thiazole rings is 1. The third-order valence-electron chi connectivity index (χ3n) is 6.32. The molecule has 36 heavy (non-hydrogen) atoms. The number of aromatic nitrogens is 1. The number of nitrogens with zero attached hydrogens (tertiary/aromatic N) is 5. The Morgan fingerprint density at radius 3 is 2.06 bits per heavy atom. The topological polar surface area (TPSA) is 80.8 Å². The van der Waals surface area contributed by atoms with Crippen LogP contribution in [-0.2, 0) is 10.8 Å². The summed E-state index contributed by atoms with van der Waals surface area (Å²) >= 11 is 2.98. The fourth-order valence-electron chi connectivity index (χ4n) is 3.83. The summed E-state index contributed by atoms with van der Waals surface area (Å²) in [6.45, 7) is 7.59. The molecule has 0 aliphatic rings. The van der Waals surface area contributed by atoms with Crippen LogP contribution in [0.4, 0.5) is 21.5 Å². The van der Waals surface area contributed by atoms with E-state index >= 15 is 0 Å². The Hall–Kier alpha value is -2.79. The Bertz CT molecular complexity index is 1270. The standard InChI is InChI=1S/C26H31N5O2S2Si/c1-5-36(6-2,7-3)33-17-16-19-8-10-20(11-9-19)28-30-24-18-23-25(35-24)27-26(34-23)31-29-21-12-14-22(32-4)15-13-21/h8-15,18H,5-7,16-17H2,1-4H3. The van der Waals surface area contributed by atoms with E-state index in [0.29, 0.717) is 5.13 Å². The number of rotatable bonds is 12. The third-order valence-corrected chi connectivity index (χ3v) is 12.9. The van der Waals surface area contributed by atoms with Crippen molar-refractivity contribution in [2.45, 2.75) is 45.3 Å². The summed E-state index contributed by atoms with van der Waals surface area (Å²) in [6, 6.07) is 21.2. The van der Waals surface area contributed by atoms with E-state index in [4.69, 9.17) is 9.16 Å². The lowest BCUT2D eigenvalue weighted by Gasteiger charge is -2.27. The number of ether oxygens (including phenoxy) is 1. The first kappa shape index (κ1) is 26.3. The molecule has 0 radical (unpaired) electrons. The van der Waals surface area contributed by atoms with Crippen LogP contribution in [0.3, 0.4) is 0 Å². The number of benzene rings is 2. The molecule has 4 aromatic rings. The molecule has 0 saturated carbocycles. The van der Waals surface area contributed by atoms with Gasteiger partial charge in [-0.2, -0.15) is 0 Å². The largest absolute Gasteiger partial charge is 0.497 e. The molecule has 10 heteroatoms. The highest BCUT2D eigenvalue weighted by Crippen LogP contribution is 2.39. The molecule has 2 aromatic carbocycles. The summed E-state index contributed by atoms with van der Waals surface area (Å²) < 4.78 is 12.6. The van der Waals surface area contributed by atoms with Crippen molar-refractivity contribution in [3.8, 4) is 5.75 Å². The average molecular weight is 538 g/mol. The maximum absolute atomic E-state index is 6.37. The van der Waals surface area contributed by atoms with Crippen LogP contribution in [0.25, 0.3) is 9.53 Å². The lowest BCUT2D eigenvalue weighted by Crippen LogP contribution is -2.36. The van der Waals surface area contributed by atoms with E-state index in [1.165, 1.54) is 46.4 Å². The van der Waals surface area contributed by atoms with E-state index in [1.807, 2.05) is 42.5 Å². The van der Waals surface area contributed by atoms with Gasteiger partial charge in [-0.1, -0.05) is 55.6 Å². The van der Waals surface area contributed by atoms with Crippen LogP contribution in [0.2, 0.25) is 18.1 Å². The van der Waals surface area contributed by atoms with Gasteiger partial charge in [0.1, 0.15) is 15.6 Å². The number of hydrogen-bond donors (Lipinski definition) is 0. The molecule has 0 unspecified atom stereocenters. The number of azo groups is 2. The fraction of sp³-hybridized carbons (Fsp3) is 0.346. The molecule has 0 N–H and O–H groups in total. The normalized spacial score (nSPS) is 12.3. The molecule has 0 bridgehead atoms. The van der Waals surface area contributed by atoms with E-state index in [9.17, 15) is 0 Å². The van der Waals surface area contributed by atoms with Crippen LogP contribution in [0.5, 0.6) is 5.75 Å². The molecule has 0 aliphatic carbocycles. The second kappa shape index (κ2) is 12.4. The van der Waals surface area contributed by atoms with E-state index in [-0.39, 0.29) is 0 Å². The predicted molar refractivity (Wildman–Crippen MR) is 152 cm³/mol. The zero-order valence-electron chi connectivity index (χ0n) is 21.1. The molecule has 0 spiro atoms. The Morgan fingerprint density at radius 1 is 0.806 bits per heavy atom. The quantitative estimate of drug-likeness (QED) is 0.133. The fourth-order valence-corrected chi connectivity index (χ4v) is 8.33. The second-order valence-electron chi connectivity index (χ2n) is 8.36. The van der Waals surface area contributed by atoms with Crippen molar-refractivity contribution in [3.63, 3.8) is 0 Å². The van der Waals surface area contributed by atoms with Crippen molar-refractivity contribution < 1.29 is 9.16 Å². The SMILES string of the molecule is CC[Si](CC)(CC)OCCc1ccc(N=Nc2cc3sc(N=Nc4ccc(OC)cc4)nc3s2)cc1. The molecule has 0 fully saturated rings. The van der Waals surface area contributed by atoms with E-state index < -0.39 is 8.32 Å². The summed E-state index contributed by atoms with van der Waals surface area (Å²) in [5.74, 6) is 0.787. The van der Waals surface area contributed by atoms with Crippen molar-refractivity contribution >= 4 is 62.0 Å². The monoisotopic (exact) mass is 537 g/mol. The highest BCUT2D eigenvalue weighted by atomic mass is 32.1. The van der Waals surface area contributed by atoms with E-state index in [1.54, 1.807) is 7.11 Å². The van der Waals surface area contributed by atoms with Crippen LogP contribution in [0, 0.1) is 0 Å². The summed E-state index contributed by atoms with van der Waals surface area (Å²) in [5.41, 5.74) is 2.84. The molecule has 188 valence electrons. The third kappa shape index (κ3) is 6.70. The lowest BCUT2D eigenvalue weighted by atomic mass is 10.1. The first-order chi connectivity index (χ1) is 17.6. The summed E-state index contributed by atoms with van der Waals surface area (Å²) in [4.78, 5) is 5.44. The van der Waals surface area contributed by atoms with Gasteiger partial charge >= 0.3 is 0 Å². The van der Waals surface area contributed by atoms with Crippen LogP contribution in [-0.4, -0.2) is 27.0 Å². The van der Waals surface area contributed by atoms with Crippen LogP contribution in [0.15, 0.2) is 75.1 Å². The Kier molecular flexibility index (Phi) is 9.08. The summed E-state index contributed by atoms with van der Waals surface area (Å²) in [7, 11) is 0.117. The van der Waals surface area contributed by atoms with Gasteiger partial charge in [0.25, 0.3) is 0 Å². The molecule has 2 heterocycles. The van der Waals surface area contributed by atoms with Gasteiger partial charge in [0, 0.05) is 6.61 Å². The van der Waals surface area contributed by atoms with E-state index in [2.05, 4.69) is 58.3 Å². The molecule has 4 rings (SSSR count). The minimum absolute atomic E-state index is 0.617. The predicted octanol–water partition coefficient (Wildman–Crippen LogP) is 9.76. The molecular weight excluding hydrogens is 507 g/mol. The van der Waals surface area contributed by atoms with Crippen LogP contribution >= 0.6 is 22.7 Å². The zero-order valence-corrected chi connectivity index (χ0v) is 23.7. The first-order valence-electron chi connectivity index (χ1n) is 12.2. The van der Waals surface area contributed by atoms with Gasteiger partial charge in [-0.25, -0.2) is 4.98 Å². The van der Waals surface area contributed by atoms with Gasteiger partial charge in [-0.3, -0.25) is 0 Å². The average Bonchev–Trinajstić information content (AvgIpc) is 3.48. The maximum atomic E-state index is 6.37. The molecule has 0 aliphatic heterocycles. The smallest absolute Gasteiger partial charge is 0.231 e. The first-order valence-corrected chi connectivity index (χ1v) is 16.3. The minimum Gasteiger partial charge on any atom is -0.497 e. The number of fused-ring (bicyclic) bond motifs is 1. The van der Waals surface area contributed by atoms with Gasteiger partial charge in [0.05, 0.1) is 23.2 Å². The lowest BCUT2D eigenvalue weighted by molar-refractivity contribution is 0.303. The number of thiophene rings is 1. The van der Waals surface area contributed by atoms with Crippen molar-refractivity contribution in [1.82, 2.24) is 4.98 Å². The molecule has 0 amide bonds.